The van der Waals surface area contributed by atoms with E-state index in [-0.39, 0.29) is 0 Å². The number of nitrogens with zero attached hydrogens (tertiary/aromatic N) is 2. The van der Waals surface area contributed by atoms with Crippen molar-refractivity contribution in [1.29, 1.82) is 0 Å². The highest BCUT2D eigenvalue weighted by molar-refractivity contribution is 7.15. The molecular weight excluding hydrogens is 254 g/mol. The highest BCUT2D eigenvalue weighted by atomic mass is 32.1. The normalized spacial score (nSPS) is 15.4. The minimum atomic E-state index is 0.805. The predicted octanol–water partition coefficient (Wildman–Crippen LogP) is 3.16. The minimum Gasteiger partial charge on any atom is -0.399 e. The molecule has 2 heterocycles. The number of aromatic nitrogens is 1. The van der Waals surface area contributed by atoms with Crippen molar-refractivity contribution in [3.05, 3.63) is 34.8 Å². The Morgan fingerprint density at radius 3 is 2.84 bits per heavy atom. The van der Waals surface area contributed by atoms with E-state index in [2.05, 4.69) is 24.0 Å². The predicted molar refractivity (Wildman–Crippen MR) is 81.2 cm³/mol. The number of anilines is 1. The molecule has 4 heteroatoms. The Kier molecular flexibility index (Phi) is 3.53. The molecule has 100 valence electrons. The van der Waals surface area contributed by atoms with E-state index in [9.17, 15) is 0 Å². The van der Waals surface area contributed by atoms with Gasteiger partial charge >= 0.3 is 0 Å². The van der Waals surface area contributed by atoms with Crippen LogP contribution in [-0.4, -0.2) is 23.0 Å². The van der Waals surface area contributed by atoms with Gasteiger partial charge in [-0.3, -0.25) is 4.90 Å². The molecule has 1 aliphatic rings. The van der Waals surface area contributed by atoms with Crippen molar-refractivity contribution in [2.75, 3.05) is 18.8 Å². The minimum absolute atomic E-state index is 0.805. The second kappa shape index (κ2) is 5.31. The van der Waals surface area contributed by atoms with Gasteiger partial charge in [-0.25, -0.2) is 4.98 Å². The number of nitrogen functional groups attached to an aromatic ring is 1. The van der Waals surface area contributed by atoms with E-state index < -0.39 is 0 Å². The smallest absolute Gasteiger partial charge is 0.123 e. The molecule has 0 aliphatic carbocycles. The van der Waals surface area contributed by atoms with Gasteiger partial charge in [-0.05, 0) is 37.2 Å². The lowest BCUT2D eigenvalue weighted by molar-refractivity contribution is 0.256. The third-order valence-corrected chi connectivity index (χ3v) is 4.64. The zero-order chi connectivity index (χ0) is 13.2. The average Bonchev–Trinajstić information content (AvgIpc) is 2.83. The Morgan fingerprint density at radius 1 is 1.32 bits per heavy atom. The highest BCUT2D eigenvalue weighted by Crippen LogP contribution is 2.31. The molecule has 19 heavy (non-hydrogen) atoms. The standard InChI is InChI=1S/C15H19N3S/c1-2-8-18-9-7-13-14(10-18)19-15(17-13)11-3-5-12(16)6-4-11/h3-6H,2,7-10,16H2,1H3. The number of fused-ring (bicyclic) bond motifs is 1. The Morgan fingerprint density at radius 2 is 2.11 bits per heavy atom. The van der Waals surface area contributed by atoms with Gasteiger partial charge in [0.15, 0.2) is 0 Å². The molecule has 2 aromatic rings. The van der Waals surface area contributed by atoms with E-state index in [0.717, 1.165) is 30.2 Å². The van der Waals surface area contributed by atoms with Crippen LogP contribution in [0.5, 0.6) is 0 Å². The molecule has 0 bridgehead atoms. The highest BCUT2D eigenvalue weighted by Gasteiger charge is 2.20. The van der Waals surface area contributed by atoms with Crippen LogP contribution in [0.2, 0.25) is 0 Å². The summed E-state index contributed by atoms with van der Waals surface area (Å²) in [5, 5.41) is 1.13. The van der Waals surface area contributed by atoms with E-state index in [4.69, 9.17) is 10.7 Å². The van der Waals surface area contributed by atoms with Gasteiger partial charge in [0, 0.05) is 35.6 Å². The lowest BCUT2D eigenvalue weighted by Crippen LogP contribution is -2.30. The number of hydrogen-bond acceptors (Lipinski definition) is 4. The summed E-state index contributed by atoms with van der Waals surface area (Å²) in [5.41, 5.74) is 9.01. The SMILES string of the molecule is CCCN1CCc2nc(-c3ccc(N)cc3)sc2C1. The molecule has 1 aromatic carbocycles. The second-order valence-corrected chi connectivity index (χ2v) is 6.12. The summed E-state index contributed by atoms with van der Waals surface area (Å²) in [5.74, 6) is 0. The van der Waals surface area contributed by atoms with Crippen molar-refractivity contribution in [1.82, 2.24) is 9.88 Å². The molecular formula is C15H19N3S. The lowest BCUT2D eigenvalue weighted by atomic mass is 10.1. The largest absolute Gasteiger partial charge is 0.399 e. The molecule has 0 amide bonds. The van der Waals surface area contributed by atoms with Crippen molar-refractivity contribution in [2.45, 2.75) is 26.3 Å². The van der Waals surface area contributed by atoms with Gasteiger partial charge in [-0.1, -0.05) is 6.92 Å². The number of rotatable bonds is 3. The monoisotopic (exact) mass is 273 g/mol. The van der Waals surface area contributed by atoms with Crippen LogP contribution in [0.15, 0.2) is 24.3 Å². The molecule has 3 nitrogen and oxygen atoms in total. The fourth-order valence-electron chi connectivity index (χ4n) is 2.50. The Bertz CT molecular complexity index is 559. The molecule has 0 saturated carbocycles. The molecule has 0 fully saturated rings. The van der Waals surface area contributed by atoms with E-state index in [1.807, 2.05) is 23.5 Å². The van der Waals surface area contributed by atoms with E-state index >= 15 is 0 Å². The molecule has 1 aliphatic heterocycles. The maximum atomic E-state index is 5.73. The molecule has 0 spiro atoms. The summed E-state index contributed by atoms with van der Waals surface area (Å²) in [7, 11) is 0. The van der Waals surface area contributed by atoms with Crippen LogP contribution in [-0.2, 0) is 13.0 Å². The summed E-state index contributed by atoms with van der Waals surface area (Å²) in [6, 6.07) is 8.01. The second-order valence-electron chi connectivity index (χ2n) is 5.04. The molecule has 1 aromatic heterocycles. The number of nitrogens with two attached hydrogens (primary N) is 1. The molecule has 3 rings (SSSR count). The summed E-state index contributed by atoms with van der Waals surface area (Å²) in [6.45, 7) is 5.64. The topological polar surface area (TPSA) is 42.2 Å². The van der Waals surface area contributed by atoms with Crippen LogP contribution in [0.1, 0.15) is 23.9 Å². The van der Waals surface area contributed by atoms with Crippen molar-refractivity contribution < 1.29 is 0 Å². The van der Waals surface area contributed by atoms with Crippen LogP contribution in [0.25, 0.3) is 10.6 Å². The summed E-state index contributed by atoms with van der Waals surface area (Å²) in [6.07, 6.45) is 2.31. The summed E-state index contributed by atoms with van der Waals surface area (Å²) >= 11 is 1.83. The first-order valence-corrected chi connectivity index (χ1v) is 7.64. The maximum Gasteiger partial charge on any atom is 0.123 e. The van der Waals surface area contributed by atoms with Crippen LogP contribution < -0.4 is 5.73 Å². The van der Waals surface area contributed by atoms with E-state index in [1.165, 1.54) is 29.1 Å². The van der Waals surface area contributed by atoms with Gasteiger partial charge in [0.05, 0.1) is 5.69 Å². The molecule has 0 saturated heterocycles. The van der Waals surface area contributed by atoms with Gasteiger partial charge in [-0.2, -0.15) is 0 Å². The number of hydrogen-bond donors (Lipinski definition) is 1. The Hall–Kier alpha value is -1.39. The van der Waals surface area contributed by atoms with Crippen LogP contribution in [0, 0.1) is 0 Å². The molecule has 2 N–H and O–H groups in total. The first kappa shape index (κ1) is 12.6. The van der Waals surface area contributed by atoms with Crippen molar-refractivity contribution in [3.63, 3.8) is 0 Å². The Balaban J connectivity index is 1.85. The summed E-state index contributed by atoms with van der Waals surface area (Å²) < 4.78 is 0. The van der Waals surface area contributed by atoms with E-state index in [0.29, 0.717) is 0 Å². The fourth-order valence-corrected chi connectivity index (χ4v) is 3.66. The van der Waals surface area contributed by atoms with Crippen molar-refractivity contribution >= 4 is 17.0 Å². The first-order chi connectivity index (χ1) is 9.26. The average molecular weight is 273 g/mol. The quantitative estimate of drug-likeness (QED) is 0.873. The zero-order valence-corrected chi connectivity index (χ0v) is 12.0. The lowest BCUT2D eigenvalue weighted by Gasteiger charge is -2.25. The molecule has 0 unspecified atom stereocenters. The molecule has 0 radical (unpaired) electrons. The Labute approximate surface area is 118 Å². The molecule has 0 atom stereocenters. The summed E-state index contributed by atoms with van der Waals surface area (Å²) in [4.78, 5) is 8.75. The first-order valence-electron chi connectivity index (χ1n) is 6.83. The van der Waals surface area contributed by atoms with E-state index in [1.54, 1.807) is 0 Å². The van der Waals surface area contributed by atoms with Gasteiger partial charge < -0.3 is 5.73 Å². The van der Waals surface area contributed by atoms with Gasteiger partial charge in [-0.15, -0.1) is 11.3 Å². The number of thiazole rings is 1. The van der Waals surface area contributed by atoms with Gasteiger partial charge in [0.25, 0.3) is 0 Å². The van der Waals surface area contributed by atoms with Gasteiger partial charge in [0.2, 0.25) is 0 Å². The van der Waals surface area contributed by atoms with Crippen LogP contribution in [0.4, 0.5) is 5.69 Å². The van der Waals surface area contributed by atoms with Crippen molar-refractivity contribution in [2.24, 2.45) is 0 Å². The third kappa shape index (κ3) is 2.65. The van der Waals surface area contributed by atoms with Crippen LogP contribution >= 0.6 is 11.3 Å². The maximum absolute atomic E-state index is 5.73. The zero-order valence-electron chi connectivity index (χ0n) is 11.2. The third-order valence-electron chi connectivity index (χ3n) is 3.51. The van der Waals surface area contributed by atoms with Gasteiger partial charge in [0.1, 0.15) is 5.01 Å². The van der Waals surface area contributed by atoms with Crippen molar-refractivity contribution in [3.8, 4) is 10.6 Å². The van der Waals surface area contributed by atoms with Crippen LogP contribution in [0.3, 0.4) is 0 Å². The fraction of sp³-hybridized carbons (Fsp3) is 0.400. The number of benzene rings is 1.